The Morgan fingerprint density at radius 3 is 2.53 bits per heavy atom. The van der Waals surface area contributed by atoms with Crippen molar-refractivity contribution in [3.63, 3.8) is 0 Å². The number of carbonyl (C=O) groups is 1. The molecule has 1 amide bonds. The summed E-state index contributed by atoms with van der Waals surface area (Å²) in [5.41, 5.74) is 5.34. The van der Waals surface area contributed by atoms with Gasteiger partial charge in [0.05, 0.1) is 25.5 Å². The van der Waals surface area contributed by atoms with Gasteiger partial charge in [0.2, 0.25) is 0 Å². The van der Waals surface area contributed by atoms with Crippen molar-refractivity contribution < 1.29 is 19.0 Å². The van der Waals surface area contributed by atoms with Gasteiger partial charge in [0.25, 0.3) is 5.91 Å². The number of aromatic amines is 1. The number of rotatable bonds is 11. The first kappa shape index (κ1) is 23.8. The Balaban J connectivity index is 1.76. The van der Waals surface area contributed by atoms with Crippen molar-refractivity contribution >= 4 is 5.91 Å². The SMILES string of the molecule is CCCCOc1ccc(C2c3c(-c4ccc(C)cc4)n[nH]c3C(=O)N2CCCOC)cc1OC. The number of nitrogens with zero attached hydrogens (tertiary/aromatic N) is 2. The lowest BCUT2D eigenvalue weighted by atomic mass is 9.95. The normalized spacial score (nSPS) is 15.0. The predicted molar refractivity (Wildman–Crippen MR) is 132 cm³/mol. The number of benzene rings is 2. The smallest absolute Gasteiger partial charge is 0.273 e. The number of carbonyl (C=O) groups excluding carboxylic acids is 1. The molecule has 0 radical (unpaired) electrons. The third kappa shape index (κ3) is 4.66. The maximum atomic E-state index is 13.4. The Labute approximate surface area is 201 Å². The van der Waals surface area contributed by atoms with E-state index in [4.69, 9.17) is 14.2 Å². The molecule has 1 aromatic heterocycles. The van der Waals surface area contributed by atoms with Crippen LogP contribution in [0, 0.1) is 6.92 Å². The molecular weight excluding hydrogens is 430 g/mol. The number of amides is 1. The van der Waals surface area contributed by atoms with Crippen LogP contribution < -0.4 is 9.47 Å². The minimum Gasteiger partial charge on any atom is -0.493 e. The van der Waals surface area contributed by atoms with Gasteiger partial charge in [0.15, 0.2) is 11.5 Å². The van der Waals surface area contributed by atoms with E-state index >= 15 is 0 Å². The number of fused-ring (bicyclic) bond motifs is 1. The summed E-state index contributed by atoms with van der Waals surface area (Å²) in [6.45, 7) is 5.98. The molecular formula is C27H33N3O4. The maximum Gasteiger partial charge on any atom is 0.273 e. The van der Waals surface area contributed by atoms with Crippen LogP contribution in [0.15, 0.2) is 42.5 Å². The van der Waals surface area contributed by atoms with Crippen LogP contribution >= 0.6 is 0 Å². The van der Waals surface area contributed by atoms with Crippen molar-refractivity contribution in [2.45, 2.75) is 39.2 Å². The van der Waals surface area contributed by atoms with E-state index in [0.29, 0.717) is 37.0 Å². The van der Waals surface area contributed by atoms with Crippen LogP contribution in [0.4, 0.5) is 0 Å². The molecule has 1 N–H and O–H groups in total. The van der Waals surface area contributed by atoms with Gasteiger partial charge in [-0.2, -0.15) is 5.10 Å². The van der Waals surface area contributed by atoms with Gasteiger partial charge in [-0.05, 0) is 37.5 Å². The Morgan fingerprint density at radius 2 is 1.82 bits per heavy atom. The minimum atomic E-state index is -0.284. The minimum absolute atomic E-state index is 0.0517. The predicted octanol–water partition coefficient (Wildman–Crippen LogP) is 5.15. The number of H-pyrrole nitrogens is 1. The fourth-order valence-corrected chi connectivity index (χ4v) is 4.38. The van der Waals surface area contributed by atoms with Crippen molar-refractivity contribution in [1.29, 1.82) is 0 Å². The average Bonchev–Trinajstić information content (AvgIpc) is 3.39. The number of nitrogens with one attached hydrogen (secondary N) is 1. The van der Waals surface area contributed by atoms with Gasteiger partial charge < -0.3 is 19.1 Å². The lowest BCUT2D eigenvalue weighted by molar-refractivity contribution is 0.0723. The molecule has 3 aromatic rings. The molecule has 2 heterocycles. The second-order valence-electron chi connectivity index (χ2n) is 8.59. The fourth-order valence-electron chi connectivity index (χ4n) is 4.38. The molecule has 1 aliphatic heterocycles. The zero-order valence-electron chi connectivity index (χ0n) is 20.4. The highest BCUT2D eigenvalue weighted by Gasteiger charge is 2.42. The molecule has 0 fully saturated rings. The zero-order valence-corrected chi connectivity index (χ0v) is 20.4. The second kappa shape index (κ2) is 10.7. The molecule has 0 saturated carbocycles. The van der Waals surface area contributed by atoms with Crippen LogP contribution in [0.2, 0.25) is 0 Å². The second-order valence-corrected chi connectivity index (χ2v) is 8.59. The third-order valence-corrected chi connectivity index (χ3v) is 6.20. The van der Waals surface area contributed by atoms with Crippen LogP contribution in [0.25, 0.3) is 11.3 Å². The van der Waals surface area contributed by atoms with Crippen LogP contribution in [0.3, 0.4) is 0 Å². The highest BCUT2D eigenvalue weighted by Crippen LogP contribution is 2.44. The van der Waals surface area contributed by atoms with E-state index in [1.165, 1.54) is 5.56 Å². The van der Waals surface area contributed by atoms with Crippen molar-refractivity contribution in [3.8, 4) is 22.8 Å². The standard InChI is InChI=1S/C27H33N3O4/c1-5-6-16-34-21-13-12-20(17-22(21)33-4)26-23-24(19-10-8-18(2)9-11-19)28-29-25(23)27(31)30(26)14-7-15-32-3/h8-13,17,26H,5-7,14-16H2,1-4H3,(H,28,29). The summed E-state index contributed by atoms with van der Waals surface area (Å²) in [7, 11) is 3.32. The Kier molecular flexibility index (Phi) is 7.53. The summed E-state index contributed by atoms with van der Waals surface area (Å²) in [6.07, 6.45) is 2.78. The topological polar surface area (TPSA) is 76.7 Å². The fraction of sp³-hybridized carbons (Fsp3) is 0.407. The van der Waals surface area contributed by atoms with Gasteiger partial charge in [-0.1, -0.05) is 49.2 Å². The van der Waals surface area contributed by atoms with Crippen LogP contribution in [-0.2, 0) is 4.74 Å². The van der Waals surface area contributed by atoms with E-state index in [1.54, 1.807) is 14.2 Å². The zero-order chi connectivity index (χ0) is 24.1. The number of methoxy groups -OCH3 is 2. The Bertz CT molecular complexity index is 1120. The van der Waals surface area contributed by atoms with Crippen LogP contribution in [0.1, 0.15) is 59.4 Å². The highest BCUT2D eigenvalue weighted by molar-refractivity contribution is 6.00. The summed E-state index contributed by atoms with van der Waals surface area (Å²) in [5, 5.41) is 7.57. The Morgan fingerprint density at radius 1 is 1.03 bits per heavy atom. The lowest BCUT2D eigenvalue weighted by Crippen LogP contribution is -2.31. The molecule has 7 heteroatoms. The van der Waals surface area contributed by atoms with Crippen molar-refractivity contribution in [2.75, 3.05) is 34.0 Å². The number of hydrogen-bond donors (Lipinski definition) is 1. The van der Waals surface area contributed by atoms with E-state index in [9.17, 15) is 4.79 Å². The first-order valence-electron chi connectivity index (χ1n) is 11.8. The van der Waals surface area contributed by atoms with Gasteiger partial charge in [0.1, 0.15) is 5.69 Å². The van der Waals surface area contributed by atoms with Crippen LogP contribution in [0.5, 0.6) is 11.5 Å². The summed E-state index contributed by atoms with van der Waals surface area (Å²) < 4.78 is 16.8. The van der Waals surface area contributed by atoms with Gasteiger partial charge in [-0.25, -0.2) is 0 Å². The molecule has 0 bridgehead atoms. The van der Waals surface area contributed by atoms with Gasteiger partial charge in [-0.3, -0.25) is 9.89 Å². The molecule has 0 spiro atoms. The van der Waals surface area contributed by atoms with Gasteiger partial charge in [0, 0.05) is 31.4 Å². The highest BCUT2D eigenvalue weighted by atomic mass is 16.5. The maximum absolute atomic E-state index is 13.4. The lowest BCUT2D eigenvalue weighted by Gasteiger charge is -2.27. The first-order chi connectivity index (χ1) is 16.6. The van der Waals surface area contributed by atoms with E-state index in [2.05, 4.69) is 36.2 Å². The van der Waals surface area contributed by atoms with Gasteiger partial charge in [-0.15, -0.1) is 0 Å². The van der Waals surface area contributed by atoms with E-state index < -0.39 is 0 Å². The number of ether oxygens (including phenoxy) is 3. The number of aryl methyl sites for hydroxylation is 1. The summed E-state index contributed by atoms with van der Waals surface area (Å²) in [5.74, 6) is 1.32. The molecule has 34 heavy (non-hydrogen) atoms. The van der Waals surface area contributed by atoms with Crippen molar-refractivity contribution in [1.82, 2.24) is 15.1 Å². The number of hydrogen-bond acceptors (Lipinski definition) is 5. The molecule has 0 aliphatic carbocycles. The molecule has 1 unspecified atom stereocenters. The monoisotopic (exact) mass is 463 g/mol. The molecule has 2 aromatic carbocycles. The quantitative estimate of drug-likeness (QED) is 0.398. The number of unbranched alkanes of at least 4 members (excludes halogenated alkanes) is 1. The van der Waals surface area contributed by atoms with E-state index in [0.717, 1.165) is 41.6 Å². The molecule has 1 aliphatic rings. The molecule has 4 rings (SSSR count). The van der Waals surface area contributed by atoms with E-state index in [1.807, 2.05) is 35.2 Å². The van der Waals surface area contributed by atoms with Crippen molar-refractivity contribution in [2.24, 2.45) is 0 Å². The molecule has 7 nitrogen and oxygen atoms in total. The third-order valence-electron chi connectivity index (χ3n) is 6.20. The summed E-state index contributed by atoms with van der Waals surface area (Å²) >= 11 is 0. The summed E-state index contributed by atoms with van der Waals surface area (Å²) in [4.78, 5) is 15.3. The molecule has 1 atom stereocenters. The largest absolute Gasteiger partial charge is 0.493 e. The average molecular weight is 464 g/mol. The van der Waals surface area contributed by atoms with E-state index in [-0.39, 0.29) is 11.9 Å². The molecule has 0 saturated heterocycles. The van der Waals surface area contributed by atoms with Crippen molar-refractivity contribution in [3.05, 3.63) is 64.8 Å². The molecule has 180 valence electrons. The number of aromatic nitrogens is 2. The van der Waals surface area contributed by atoms with Gasteiger partial charge >= 0.3 is 0 Å². The Hall–Kier alpha value is -3.32. The van der Waals surface area contributed by atoms with Crippen LogP contribution in [-0.4, -0.2) is 55.0 Å². The summed E-state index contributed by atoms with van der Waals surface area (Å²) in [6, 6.07) is 13.9. The first-order valence-corrected chi connectivity index (χ1v) is 11.8.